The lowest BCUT2D eigenvalue weighted by atomic mass is 9.86. The van der Waals surface area contributed by atoms with E-state index in [9.17, 15) is 4.79 Å². The molecule has 4 heteroatoms. The van der Waals surface area contributed by atoms with Gasteiger partial charge in [0, 0.05) is 6.08 Å². The van der Waals surface area contributed by atoms with E-state index >= 15 is 0 Å². The fraction of sp³-hybridized carbons (Fsp3) is 0.438. The average molecular weight is 276 g/mol. The number of carboxylic acid groups (broad SMARTS) is 1. The average Bonchev–Trinajstić information content (AvgIpc) is 2.37. The Morgan fingerprint density at radius 2 is 2.15 bits per heavy atom. The topological polar surface area (TPSA) is 55.8 Å². The number of hydrogen-bond acceptors (Lipinski definition) is 3. The molecule has 20 heavy (non-hydrogen) atoms. The Balaban J connectivity index is 2.07. The van der Waals surface area contributed by atoms with Crippen molar-refractivity contribution in [2.75, 3.05) is 13.2 Å². The first kappa shape index (κ1) is 14.4. The van der Waals surface area contributed by atoms with Crippen LogP contribution in [0.5, 0.6) is 11.5 Å². The Morgan fingerprint density at radius 1 is 1.35 bits per heavy atom. The summed E-state index contributed by atoms with van der Waals surface area (Å²) < 4.78 is 11.4. The van der Waals surface area contributed by atoms with Crippen molar-refractivity contribution in [2.45, 2.75) is 26.2 Å². The van der Waals surface area contributed by atoms with Gasteiger partial charge in [0.25, 0.3) is 0 Å². The molecule has 0 radical (unpaired) electrons. The van der Waals surface area contributed by atoms with Crippen LogP contribution in [0, 0.1) is 5.92 Å². The van der Waals surface area contributed by atoms with Gasteiger partial charge in [-0.1, -0.05) is 12.5 Å². The Labute approximate surface area is 119 Å². The van der Waals surface area contributed by atoms with Crippen molar-refractivity contribution in [3.63, 3.8) is 0 Å². The standard InChI is InChI=1S/C16H20O4/c1-2-19-15-10-12(7-9-16(17)18)6-8-14(15)20-11-13-4-3-5-13/h6-10,13H,2-5,11H2,1H3,(H,17,18). The second-order valence-electron chi connectivity index (χ2n) is 4.92. The number of ether oxygens (including phenoxy) is 2. The number of carbonyl (C=O) groups is 1. The molecule has 0 bridgehead atoms. The summed E-state index contributed by atoms with van der Waals surface area (Å²) in [7, 11) is 0. The van der Waals surface area contributed by atoms with Gasteiger partial charge in [-0.3, -0.25) is 0 Å². The molecule has 0 amide bonds. The van der Waals surface area contributed by atoms with Gasteiger partial charge in [0.2, 0.25) is 0 Å². The minimum Gasteiger partial charge on any atom is -0.490 e. The molecule has 0 aromatic heterocycles. The van der Waals surface area contributed by atoms with Crippen molar-refractivity contribution >= 4 is 12.0 Å². The zero-order valence-electron chi connectivity index (χ0n) is 11.7. The highest BCUT2D eigenvalue weighted by molar-refractivity contribution is 5.85. The summed E-state index contributed by atoms with van der Waals surface area (Å²) in [6, 6.07) is 5.47. The third kappa shape index (κ3) is 4.02. The molecule has 1 N–H and O–H groups in total. The van der Waals surface area contributed by atoms with Gasteiger partial charge in [-0.25, -0.2) is 4.79 Å². The molecule has 0 heterocycles. The normalized spacial score (nSPS) is 15.1. The molecule has 1 aliphatic carbocycles. The van der Waals surface area contributed by atoms with E-state index in [-0.39, 0.29) is 0 Å². The fourth-order valence-corrected chi connectivity index (χ4v) is 2.05. The van der Waals surface area contributed by atoms with Crippen LogP contribution in [-0.4, -0.2) is 24.3 Å². The van der Waals surface area contributed by atoms with Crippen molar-refractivity contribution in [3.05, 3.63) is 29.8 Å². The van der Waals surface area contributed by atoms with Gasteiger partial charge < -0.3 is 14.6 Å². The molecule has 2 rings (SSSR count). The molecule has 108 valence electrons. The maximum Gasteiger partial charge on any atom is 0.328 e. The first-order chi connectivity index (χ1) is 9.69. The van der Waals surface area contributed by atoms with E-state index < -0.39 is 5.97 Å². The van der Waals surface area contributed by atoms with E-state index in [0.29, 0.717) is 18.3 Å². The monoisotopic (exact) mass is 276 g/mol. The molecule has 1 aromatic rings. The second kappa shape index (κ2) is 6.98. The van der Waals surface area contributed by atoms with Crippen molar-refractivity contribution in [1.29, 1.82) is 0 Å². The van der Waals surface area contributed by atoms with Gasteiger partial charge in [-0.2, -0.15) is 0 Å². The van der Waals surface area contributed by atoms with Crippen molar-refractivity contribution in [1.82, 2.24) is 0 Å². The van der Waals surface area contributed by atoms with E-state index in [4.69, 9.17) is 14.6 Å². The first-order valence-electron chi connectivity index (χ1n) is 6.99. The van der Waals surface area contributed by atoms with E-state index in [1.165, 1.54) is 19.3 Å². The van der Waals surface area contributed by atoms with E-state index in [1.54, 1.807) is 12.1 Å². The Bertz CT molecular complexity index is 489. The smallest absolute Gasteiger partial charge is 0.328 e. The predicted molar refractivity (Wildman–Crippen MR) is 77.1 cm³/mol. The Kier molecular flexibility index (Phi) is 5.04. The van der Waals surface area contributed by atoms with Crippen molar-refractivity contribution < 1.29 is 19.4 Å². The van der Waals surface area contributed by atoms with Gasteiger partial charge in [-0.05, 0) is 49.5 Å². The Morgan fingerprint density at radius 3 is 2.75 bits per heavy atom. The number of rotatable bonds is 7. The molecule has 0 saturated heterocycles. The SMILES string of the molecule is CCOc1cc(C=CC(=O)O)ccc1OCC1CCC1. The van der Waals surface area contributed by atoms with Crippen LogP contribution in [0.2, 0.25) is 0 Å². The van der Waals surface area contributed by atoms with Crippen LogP contribution in [0.3, 0.4) is 0 Å². The number of benzene rings is 1. The summed E-state index contributed by atoms with van der Waals surface area (Å²) >= 11 is 0. The molecule has 1 saturated carbocycles. The molecule has 1 aromatic carbocycles. The minimum absolute atomic E-state index is 0.548. The van der Waals surface area contributed by atoms with Crippen LogP contribution >= 0.6 is 0 Å². The number of carboxylic acids is 1. The third-order valence-electron chi connectivity index (χ3n) is 3.39. The molecule has 0 unspecified atom stereocenters. The summed E-state index contributed by atoms with van der Waals surface area (Å²) in [5, 5.41) is 8.64. The maximum atomic E-state index is 10.5. The van der Waals surface area contributed by atoms with Crippen LogP contribution in [0.4, 0.5) is 0 Å². The van der Waals surface area contributed by atoms with Crippen molar-refractivity contribution in [2.24, 2.45) is 5.92 Å². The predicted octanol–water partition coefficient (Wildman–Crippen LogP) is 3.36. The molecular formula is C16H20O4. The molecular weight excluding hydrogens is 256 g/mol. The molecule has 0 spiro atoms. The van der Waals surface area contributed by atoms with Gasteiger partial charge in [0.05, 0.1) is 13.2 Å². The van der Waals surface area contributed by atoms with Gasteiger partial charge in [0.15, 0.2) is 11.5 Å². The summed E-state index contributed by atoms with van der Waals surface area (Å²) in [5.74, 6) is 1.09. The molecule has 0 aliphatic heterocycles. The van der Waals surface area contributed by atoms with Crippen LogP contribution < -0.4 is 9.47 Å². The van der Waals surface area contributed by atoms with E-state index in [2.05, 4.69) is 0 Å². The summed E-state index contributed by atoms with van der Waals surface area (Å²) in [4.78, 5) is 10.5. The van der Waals surface area contributed by atoms with Gasteiger partial charge >= 0.3 is 5.97 Å². The largest absolute Gasteiger partial charge is 0.490 e. The lowest BCUT2D eigenvalue weighted by molar-refractivity contribution is -0.131. The third-order valence-corrected chi connectivity index (χ3v) is 3.39. The number of aliphatic carboxylic acids is 1. The molecule has 4 nitrogen and oxygen atoms in total. The second-order valence-corrected chi connectivity index (χ2v) is 4.92. The van der Waals surface area contributed by atoms with E-state index in [1.807, 2.05) is 19.1 Å². The highest BCUT2D eigenvalue weighted by Gasteiger charge is 2.18. The van der Waals surface area contributed by atoms with Crippen LogP contribution in [0.1, 0.15) is 31.7 Å². The maximum absolute atomic E-state index is 10.5. The quantitative estimate of drug-likeness (QED) is 0.776. The molecule has 1 aliphatic rings. The lowest BCUT2D eigenvalue weighted by Crippen LogP contribution is -2.19. The minimum atomic E-state index is -0.965. The van der Waals surface area contributed by atoms with E-state index in [0.717, 1.165) is 24.0 Å². The number of hydrogen-bond donors (Lipinski definition) is 1. The molecule has 0 atom stereocenters. The molecule has 1 fully saturated rings. The highest BCUT2D eigenvalue weighted by Crippen LogP contribution is 2.32. The first-order valence-corrected chi connectivity index (χ1v) is 6.99. The Hall–Kier alpha value is -1.97. The van der Waals surface area contributed by atoms with Crippen LogP contribution in [0.15, 0.2) is 24.3 Å². The summed E-state index contributed by atoms with van der Waals surface area (Å²) in [5.41, 5.74) is 0.784. The zero-order valence-corrected chi connectivity index (χ0v) is 11.7. The summed E-state index contributed by atoms with van der Waals surface area (Å²) in [6.07, 6.45) is 6.43. The zero-order chi connectivity index (χ0) is 14.4. The van der Waals surface area contributed by atoms with Crippen LogP contribution in [-0.2, 0) is 4.79 Å². The summed E-state index contributed by atoms with van der Waals surface area (Å²) in [6.45, 7) is 3.19. The van der Waals surface area contributed by atoms with Crippen molar-refractivity contribution in [3.8, 4) is 11.5 Å². The van der Waals surface area contributed by atoms with Crippen LogP contribution in [0.25, 0.3) is 6.08 Å². The van der Waals surface area contributed by atoms with Gasteiger partial charge in [0.1, 0.15) is 0 Å². The van der Waals surface area contributed by atoms with Gasteiger partial charge in [-0.15, -0.1) is 0 Å². The highest BCUT2D eigenvalue weighted by atomic mass is 16.5. The fourth-order valence-electron chi connectivity index (χ4n) is 2.05. The lowest BCUT2D eigenvalue weighted by Gasteiger charge is -2.25.